The molecule has 0 spiro atoms. The number of methoxy groups -OCH3 is 1. The maximum absolute atomic E-state index is 11.7. The van der Waals surface area contributed by atoms with Crippen LogP contribution in [0.5, 0.6) is 5.75 Å². The van der Waals surface area contributed by atoms with Crippen LogP contribution in [0.1, 0.15) is 18.4 Å². The highest BCUT2D eigenvalue weighted by Gasteiger charge is 2.24. The van der Waals surface area contributed by atoms with Crippen LogP contribution < -0.4 is 15.4 Å². The van der Waals surface area contributed by atoms with Gasteiger partial charge in [0.25, 0.3) is 0 Å². The van der Waals surface area contributed by atoms with Crippen LogP contribution >= 0.6 is 0 Å². The zero-order valence-corrected chi connectivity index (χ0v) is 12.8. The summed E-state index contributed by atoms with van der Waals surface area (Å²) in [7, 11) is 1.38. The molecule has 6 nitrogen and oxygen atoms in total. The van der Waals surface area contributed by atoms with Gasteiger partial charge in [-0.25, -0.2) is 0 Å². The van der Waals surface area contributed by atoms with Gasteiger partial charge in [-0.1, -0.05) is 12.1 Å². The number of nitrogens with one attached hydrogen (secondary N) is 2. The van der Waals surface area contributed by atoms with E-state index in [1.807, 2.05) is 24.3 Å². The first-order valence-corrected chi connectivity index (χ1v) is 7.46. The van der Waals surface area contributed by atoms with E-state index in [1.54, 1.807) is 0 Å². The summed E-state index contributed by atoms with van der Waals surface area (Å²) >= 11 is 0. The first-order valence-electron chi connectivity index (χ1n) is 7.46. The first kappa shape index (κ1) is 16.3. The standard InChI is InChI=1S/C16H22N2O4/c1-21-15(19)3-2-8-22-14-6-4-12(5-7-14)9-18-16(20)13-10-17-11-13/h4-7,13,17H,2-3,8-11H2,1H3,(H,18,20). The molecular formula is C16H22N2O4. The number of carbonyl (C=O) groups excluding carboxylic acids is 2. The minimum atomic E-state index is -0.226. The van der Waals surface area contributed by atoms with Gasteiger partial charge >= 0.3 is 5.97 Å². The Morgan fingerprint density at radius 3 is 2.59 bits per heavy atom. The summed E-state index contributed by atoms with van der Waals surface area (Å²) < 4.78 is 10.1. The van der Waals surface area contributed by atoms with Gasteiger partial charge in [0.15, 0.2) is 0 Å². The fourth-order valence-electron chi connectivity index (χ4n) is 2.02. The lowest BCUT2D eigenvalue weighted by Gasteiger charge is -2.25. The number of hydrogen-bond donors (Lipinski definition) is 2. The third-order valence-electron chi connectivity index (χ3n) is 3.56. The molecule has 1 amide bonds. The van der Waals surface area contributed by atoms with Crippen LogP contribution in [0.2, 0.25) is 0 Å². The maximum Gasteiger partial charge on any atom is 0.305 e. The number of benzene rings is 1. The van der Waals surface area contributed by atoms with Crippen molar-refractivity contribution >= 4 is 11.9 Å². The number of hydrogen-bond acceptors (Lipinski definition) is 5. The summed E-state index contributed by atoms with van der Waals surface area (Å²) in [6.07, 6.45) is 0.983. The van der Waals surface area contributed by atoms with Crippen molar-refractivity contribution in [1.29, 1.82) is 0 Å². The van der Waals surface area contributed by atoms with Gasteiger partial charge in [-0.2, -0.15) is 0 Å². The van der Waals surface area contributed by atoms with Gasteiger partial charge in [0.1, 0.15) is 5.75 Å². The quantitative estimate of drug-likeness (QED) is 0.550. The van der Waals surface area contributed by atoms with Crippen LogP contribution in [-0.4, -0.2) is 38.7 Å². The lowest BCUT2D eigenvalue weighted by molar-refractivity contribution is -0.140. The van der Waals surface area contributed by atoms with Gasteiger partial charge in [0, 0.05) is 26.1 Å². The zero-order chi connectivity index (χ0) is 15.8. The molecule has 1 aromatic rings. The summed E-state index contributed by atoms with van der Waals surface area (Å²) in [6, 6.07) is 7.58. The molecule has 1 saturated heterocycles. The highest BCUT2D eigenvalue weighted by Crippen LogP contribution is 2.13. The van der Waals surface area contributed by atoms with Crippen LogP contribution in [-0.2, 0) is 20.9 Å². The van der Waals surface area contributed by atoms with E-state index in [-0.39, 0.29) is 17.8 Å². The molecule has 0 atom stereocenters. The third-order valence-corrected chi connectivity index (χ3v) is 3.56. The SMILES string of the molecule is COC(=O)CCCOc1ccc(CNC(=O)C2CNC2)cc1. The van der Waals surface area contributed by atoms with E-state index in [1.165, 1.54) is 7.11 Å². The highest BCUT2D eigenvalue weighted by atomic mass is 16.5. The smallest absolute Gasteiger partial charge is 0.305 e. The van der Waals surface area contributed by atoms with Crippen molar-refractivity contribution in [3.63, 3.8) is 0 Å². The predicted octanol–water partition coefficient (Wildman–Crippen LogP) is 0.854. The molecule has 1 heterocycles. The summed E-state index contributed by atoms with van der Waals surface area (Å²) in [4.78, 5) is 22.7. The molecule has 0 unspecified atom stereocenters. The molecule has 0 aliphatic carbocycles. The molecule has 0 bridgehead atoms. The van der Waals surface area contributed by atoms with Gasteiger partial charge < -0.3 is 20.1 Å². The number of rotatable bonds is 8. The number of amides is 1. The Balaban J connectivity index is 1.66. The molecule has 6 heteroatoms. The average Bonchev–Trinajstić information content (AvgIpc) is 2.48. The average molecular weight is 306 g/mol. The summed E-state index contributed by atoms with van der Waals surface area (Å²) in [5.74, 6) is 0.735. The van der Waals surface area contributed by atoms with E-state index in [9.17, 15) is 9.59 Å². The summed E-state index contributed by atoms with van der Waals surface area (Å²) in [6.45, 7) is 2.53. The van der Waals surface area contributed by atoms with Crippen LogP contribution in [0.3, 0.4) is 0 Å². The molecule has 0 aromatic heterocycles. The van der Waals surface area contributed by atoms with Crippen molar-refractivity contribution in [1.82, 2.24) is 10.6 Å². The number of carbonyl (C=O) groups is 2. The predicted molar refractivity (Wildman–Crippen MR) is 81.4 cm³/mol. The molecule has 1 aromatic carbocycles. The van der Waals surface area contributed by atoms with Crippen LogP contribution in [0.4, 0.5) is 0 Å². The molecule has 22 heavy (non-hydrogen) atoms. The van der Waals surface area contributed by atoms with E-state index in [2.05, 4.69) is 15.4 Å². The molecule has 2 N–H and O–H groups in total. The zero-order valence-electron chi connectivity index (χ0n) is 12.8. The highest BCUT2D eigenvalue weighted by molar-refractivity contribution is 5.79. The van der Waals surface area contributed by atoms with Gasteiger partial charge in [0.05, 0.1) is 19.6 Å². The Morgan fingerprint density at radius 2 is 2.00 bits per heavy atom. The molecule has 1 aliphatic heterocycles. The fourth-order valence-corrected chi connectivity index (χ4v) is 2.02. The lowest BCUT2D eigenvalue weighted by Crippen LogP contribution is -2.50. The van der Waals surface area contributed by atoms with Crippen molar-refractivity contribution in [3.8, 4) is 5.75 Å². The molecule has 0 radical (unpaired) electrons. The maximum atomic E-state index is 11.7. The van der Waals surface area contributed by atoms with E-state index < -0.39 is 0 Å². The van der Waals surface area contributed by atoms with Crippen molar-refractivity contribution in [3.05, 3.63) is 29.8 Å². The number of ether oxygens (including phenoxy) is 2. The minimum absolute atomic E-state index is 0.0990. The fraction of sp³-hybridized carbons (Fsp3) is 0.500. The topological polar surface area (TPSA) is 76.7 Å². The van der Waals surface area contributed by atoms with Crippen LogP contribution in [0, 0.1) is 5.92 Å². The van der Waals surface area contributed by atoms with E-state index >= 15 is 0 Å². The number of esters is 1. The Morgan fingerprint density at radius 1 is 1.27 bits per heavy atom. The molecule has 1 aliphatic rings. The molecule has 1 fully saturated rings. The normalized spacial score (nSPS) is 14.0. The molecule has 120 valence electrons. The van der Waals surface area contributed by atoms with Crippen molar-refractivity contribution in [2.45, 2.75) is 19.4 Å². The molecular weight excluding hydrogens is 284 g/mol. The Labute approximate surface area is 130 Å². The molecule has 2 rings (SSSR count). The largest absolute Gasteiger partial charge is 0.494 e. The van der Waals surface area contributed by atoms with Gasteiger partial charge in [0.2, 0.25) is 5.91 Å². The van der Waals surface area contributed by atoms with Crippen molar-refractivity contribution < 1.29 is 19.1 Å². The third kappa shape index (κ3) is 5.04. The van der Waals surface area contributed by atoms with Gasteiger partial charge in [-0.05, 0) is 24.1 Å². The van der Waals surface area contributed by atoms with Crippen LogP contribution in [0.25, 0.3) is 0 Å². The van der Waals surface area contributed by atoms with E-state index in [0.29, 0.717) is 26.0 Å². The van der Waals surface area contributed by atoms with Crippen LogP contribution in [0.15, 0.2) is 24.3 Å². The molecule has 0 saturated carbocycles. The Kier molecular flexibility index (Phi) is 6.21. The van der Waals surface area contributed by atoms with E-state index in [0.717, 1.165) is 24.4 Å². The summed E-state index contributed by atoms with van der Waals surface area (Å²) in [5.41, 5.74) is 1.03. The van der Waals surface area contributed by atoms with Gasteiger partial charge in [-0.3, -0.25) is 9.59 Å². The second kappa shape index (κ2) is 8.38. The monoisotopic (exact) mass is 306 g/mol. The summed E-state index contributed by atoms with van der Waals surface area (Å²) in [5, 5.41) is 6.00. The lowest BCUT2D eigenvalue weighted by atomic mass is 10.0. The van der Waals surface area contributed by atoms with Crippen molar-refractivity contribution in [2.24, 2.45) is 5.92 Å². The Hall–Kier alpha value is -2.08. The Bertz CT molecular complexity index is 497. The van der Waals surface area contributed by atoms with E-state index in [4.69, 9.17) is 4.74 Å². The first-order chi connectivity index (χ1) is 10.7. The minimum Gasteiger partial charge on any atom is -0.494 e. The van der Waals surface area contributed by atoms with Gasteiger partial charge in [-0.15, -0.1) is 0 Å². The second-order valence-corrected chi connectivity index (χ2v) is 5.25. The van der Waals surface area contributed by atoms with Crippen molar-refractivity contribution in [2.75, 3.05) is 26.8 Å². The second-order valence-electron chi connectivity index (χ2n) is 5.25.